The van der Waals surface area contributed by atoms with Crippen LogP contribution < -0.4 is 4.74 Å². The number of ether oxygens (including phenoxy) is 2. The first-order chi connectivity index (χ1) is 10.2. The van der Waals surface area contributed by atoms with Gasteiger partial charge in [0.2, 0.25) is 0 Å². The van der Waals surface area contributed by atoms with Gasteiger partial charge in [-0.2, -0.15) is 0 Å². The molecule has 0 aromatic heterocycles. The highest BCUT2D eigenvalue weighted by Gasteiger charge is 2.20. The normalized spacial score (nSPS) is 13.8. The van der Waals surface area contributed by atoms with Crippen molar-refractivity contribution < 1.29 is 14.3 Å². The summed E-state index contributed by atoms with van der Waals surface area (Å²) in [6.07, 6.45) is -0.686. The van der Waals surface area contributed by atoms with Crippen LogP contribution in [0.2, 0.25) is 0 Å². The lowest BCUT2D eigenvalue weighted by molar-refractivity contribution is 0.121. The van der Waals surface area contributed by atoms with E-state index in [1.54, 1.807) is 0 Å². The second kappa shape index (κ2) is 5.97. The highest BCUT2D eigenvalue weighted by molar-refractivity contribution is 5.63. The summed E-state index contributed by atoms with van der Waals surface area (Å²) in [5.74, 6) is 0.530. The van der Waals surface area contributed by atoms with Crippen molar-refractivity contribution >= 4 is 6.16 Å². The van der Waals surface area contributed by atoms with Gasteiger partial charge in [0.05, 0.1) is 7.11 Å². The van der Waals surface area contributed by atoms with Gasteiger partial charge in [-0.15, -0.1) is 0 Å². The number of benzene rings is 2. The van der Waals surface area contributed by atoms with Gasteiger partial charge in [-0.3, -0.25) is 4.90 Å². The third kappa shape index (κ3) is 3.23. The Morgan fingerprint density at radius 2 is 1.86 bits per heavy atom. The fraction of sp³-hybridized carbons (Fsp3) is 0.235. The number of hydrogen-bond acceptors (Lipinski definition) is 4. The number of carbonyl (C=O) groups excluding carboxylic acids is 1. The molecule has 0 saturated heterocycles. The van der Waals surface area contributed by atoms with Crippen molar-refractivity contribution in [3.8, 4) is 5.75 Å². The Balaban J connectivity index is 1.68. The second-order valence-corrected chi connectivity index (χ2v) is 5.12. The molecule has 0 spiro atoms. The zero-order valence-corrected chi connectivity index (χ0v) is 11.9. The van der Waals surface area contributed by atoms with Crippen LogP contribution in [0, 0.1) is 0 Å². The molecule has 0 bridgehead atoms. The maximum Gasteiger partial charge on any atom is 0.513 e. The van der Waals surface area contributed by atoms with Gasteiger partial charge in [-0.1, -0.05) is 36.4 Å². The van der Waals surface area contributed by atoms with Crippen LogP contribution in [0.1, 0.15) is 16.7 Å². The number of nitrogens with zero attached hydrogens (tertiary/aromatic N) is 1. The number of fused-ring (bicyclic) bond motifs is 1. The van der Waals surface area contributed by atoms with Crippen LogP contribution in [-0.2, 0) is 24.4 Å². The van der Waals surface area contributed by atoms with E-state index in [0.717, 1.165) is 19.6 Å². The molecule has 0 saturated carbocycles. The van der Waals surface area contributed by atoms with Crippen molar-refractivity contribution in [2.24, 2.45) is 0 Å². The van der Waals surface area contributed by atoms with E-state index >= 15 is 0 Å². The van der Waals surface area contributed by atoms with Crippen molar-refractivity contribution in [1.82, 2.24) is 4.90 Å². The molecule has 0 amide bonds. The van der Waals surface area contributed by atoms with Crippen LogP contribution in [0.3, 0.4) is 0 Å². The Kier molecular flexibility index (Phi) is 3.88. The molecule has 0 N–H and O–H groups in total. The molecule has 1 aliphatic heterocycles. The summed E-state index contributed by atoms with van der Waals surface area (Å²) in [4.78, 5) is 13.5. The van der Waals surface area contributed by atoms with Gasteiger partial charge in [0.15, 0.2) is 0 Å². The fourth-order valence-corrected chi connectivity index (χ4v) is 2.60. The van der Waals surface area contributed by atoms with E-state index in [2.05, 4.69) is 33.9 Å². The molecule has 0 fully saturated rings. The van der Waals surface area contributed by atoms with E-state index in [1.807, 2.05) is 24.3 Å². The summed E-state index contributed by atoms with van der Waals surface area (Å²) in [5.41, 5.74) is 3.78. The van der Waals surface area contributed by atoms with Gasteiger partial charge >= 0.3 is 6.16 Å². The minimum Gasteiger partial charge on any atom is -0.437 e. The minimum absolute atomic E-state index is 0.530. The van der Waals surface area contributed by atoms with Gasteiger partial charge in [-0.25, -0.2) is 4.79 Å². The quantitative estimate of drug-likeness (QED) is 0.639. The lowest BCUT2D eigenvalue weighted by Gasteiger charge is -2.14. The molecule has 0 atom stereocenters. The monoisotopic (exact) mass is 283 g/mol. The topological polar surface area (TPSA) is 38.8 Å². The molecule has 4 heteroatoms. The Hall–Kier alpha value is -2.33. The molecule has 21 heavy (non-hydrogen) atoms. The number of hydrogen-bond donors (Lipinski definition) is 0. The van der Waals surface area contributed by atoms with E-state index in [9.17, 15) is 4.79 Å². The third-order valence-electron chi connectivity index (χ3n) is 3.58. The van der Waals surface area contributed by atoms with Gasteiger partial charge in [0.1, 0.15) is 5.75 Å². The van der Waals surface area contributed by atoms with Crippen molar-refractivity contribution in [2.75, 3.05) is 7.11 Å². The fourth-order valence-electron chi connectivity index (χ4n) is 2.60. The standard InChI is InChI=1S/C17H17NO3/c1-20-17(19)21-16-8-7-14-11-18(12-15(14)9-16)10-13-5-3-2-4-6-13/h2-9H,10-12H2,1H3. The molecule has 0 radical (unpaired) electrons. The maximum absolute atomic E-state index is 11.1. The Labute approximate surface area is 123 Å². The minimum atomic E-state index is -0.686. The summed E-state index contributed by atoms with van der Waals surface area (Å²) in [5, 5.41) is 0. The predicted octanol–water partition coefficient (Wildman–Crippen LogP) is 3.35. The zero-order valence-electron chi connectivity index (χ0n) is 11.9. The maximum atomic E-state index is 11.1. The number of carbonyl (C=O) groups is 1. The Morgan fingerprint density at radius 1 is 1.10 bits per heavy atom. The molecule has 1 heterocycles. The molecule has 0 aliphatic carbocycles. The third-order valence-corrected chi connectivity index (χ3v) is 3.58. The summed E-state index contributed by atoms with van der Waals surface area (Å²) < 4.78 is 9.56. The van der Waals surface area contributed by atoms with Gasteiger partial charge in [0.25, 0.3) is 0 Å². The lowest BCUT2D eigenvalue weighted by Crippen LogP contribution is -2.15. The van der Waals surface area contributed by atoms with Crippen LogP contribution in [0.4, 0.5) is 4.79 Å². The molecule has 2 aromatic rings. The van der Waals surface area contributed by atoms with Crippen molar-refractivity contribution in [3.63, 3.8) is 0 Å². The number of rotatable bonds is 3. The molecule has 4 nitrogen and oxygen atoms in total. The van der Waals surface area contributed by atoms with Crippen LogP contribution in [0.15, 0.2) is 48.5 Å². The van der Waals surface area contributed by atoms with Crippen LogP contribution in [-0.4, -0.2) is 18.2 Å². The van der Waals surface area contributed by atoms with E-state index in [-0.39, 0.29) is 0 Å². The molecule has 0 unspecified atom stereocenters. The lowest BCUT2D eigenvalue weighted by atomic mass is 10.1. The average molecular weight is 283 g/mol. The van der Waals surface area contributed by atoms with Gasteiger partial charge in [0, 0.05) is 19.6 Å². The summed E-state index contributed by atoms with van der Waals surface area (Å²) in [7, 11) is 1.30. The first-order valence-corrected chi connectivity index (χ1v) is 6.88. The average Bonchev–Trinajstić information content (AvgIpc) is 2.89. The van der Waals surface area contributed by atoms with Crippen LogP contribution in [0.25, 0.3) is 0 Å². The van der Waals surface area contributed by atoms with E-state index in [1.165, 1.54) is 23.8 Å². The van der Waals surface area contributed by atoms with E-state index in [4.69, 9.17) is 4.74 Å². The second-order valence-electron chi connectivity index (χ2n) is 5.12. The van der Waals surface area contributed by atoms with Crippen molar-refractivity contribution in [2.45, 2.75) is 19.6 Å². The van der Waals surface area contributed by atoms with Crippen LogP contribution >= 0.6 is 0 Å². The largest absolute Gasteiger partial charge is 0.513 e. The Bertz CT molecular complexity index is 640. The zero-order chi connectivity index (χ0) is 14.7. The van der Waals surface area contributed by atoms with Crippen molar-refractivity contribution in [3.05, 3.63) is 65.2 Å². The Morgan fingerprint density at radius 3 is 2.62 bits per heavy atom. The molecule has 2 aromatic carbocycles. The SMILES string of the molecule is COC(=O)Oc1ccc2c(c1)CN(Cc1ccccc1)C2. The van der Waals surface area contributed by atoms with Gasteiger partial charge < -0.3 is 9.47 Å². The smallest absolute Gasteiger partial charge is 0.437 e. The first-order valence-electron chi connectivity index (χ1n) is 6.88. The van der Waals surface area contributed by atoms with E-state index in [0.29, 0.717) is 5.75 Å². The first kappa shape index (κ1) is 13.6. The highest BCUT2D eigenvalue weighted by atomic mass is 16.7. The molecular formula is C17H17NO3. The molecule has 1 aliphatic rings. The predicted molar refractivity (Wildman–Crippen MR) is 78.9 cm³/mol. The molecule has 108 valence electrons. The molecular weight excluding hydrogens is 266 g/mol. The van der Waals surface area contributed by atoms with E-state index < -0.39 is 6.16 Å². The van der Waals surface area contributed by atoms with Gasteiger partial charge in [-0.05, 0) is 28.8 Å². The van der Waals surface area contributed by atoms with Crippen molar-refractivity contribution in [1.29, 1.82) is 0 Å². The molecule has 3 rings (SSSR count). The summed E-state index contributed by atoms with van der Waals surface area (Å²) >= 11 is 0. The summed E-state index contributed by atoms with van der Waals surface area (Å²) in [6.45, 7) is 2.70. The van der Waals surface area contributed by atoms with Crippen LogP contribution in [0.5, 0.6) is 5.75 Å². The number of methoxy groups -OCH3 is 1. The highest BCUT2D eigenvalue weighted by Crippen LogP contribution is 2.28. The summed E-state index contributed by atoms with van der Waals surface area (Å²) in [6, 6.07) is 16.1.